The number of rotatable bonds is 5. The monoisotopic (exact) mass is 311 g/mol. The van der Waals surface area contributed by atoms with Crippen molar-refractivity contribution in [2.75, 3.05) is 13.2 Å². The minimum atomic E-state index is -0.882. The molecular formula is C16H14BNO5. The summed E-state index contributed by atoms with van der Waals surface area (Å²) in [5.74, 6) is 1.47. The Morgan fingerprint density at radius 2 is 2.00 bits per heavy atom. The number of fused-ring (bicyclic) bond motifs is 1. The van der Waals surface area contributed by atoms with Crippen LogP contribution in [0.5, 0.6) is 17.2 Å². The van der Waals surface area contributed by atoms with Crippen LogP contribution in [0.15, 0.2) is 36.4 Å². The van der Waals surface area contributed by atoms with Gasteiger partial charge in [0, 0.05) is 6.07 Å². The van der Waals surface area contributed by atoms with E-state index in [1.807, 2.05) is 6.07 Å². The van der Waals surface area contributed by atoms with Gasteiger partial charge in [0.25, 0.3) is 0 Å². The predicted octanol–water partition coefficient (Wildman–Crippen LogP) is 0.939. The van der Waals surface area contributed by atoms with Crippen LogP contribution >= 0.6 is 0 Å². The average Bonchev–Trinajstić information content (AvgIpc) is 2.94. The van der Waals surface area contributed by atoms with E-state index in [2.05, 4.69) is 0 Å². The van der Waals surface area contributed by atoms with Crippen molar-refractivity contribution in [3.05, 3.63) is 47.5 Å². The van der Waals surface area contributed by atoms with Crippen LogP contribution < -0.4 is 14.9 Å². The quantitative estimate of drug-likeness (QED) is 0.799. The summed E-state index contributed by atoms with van der Waals surface area (Å²) in [5, 5.41) is 27.5. The van der Waals surface area contributed by atoms with Crippen LogP contribution in [0.4, 0.5) is 0 Å². The number of benzene rings is 2. The molecule has 0 saturated heterocycles. The molecule has 7 heteroatoms. The van der Waals surface area contributed by atoms with E-state index in [0.29, 0.717) is 29.4 Å². The molecule has 2 N–H and O–H groups in total. The maximum atomic E-state index is 9.61. The Bertz CT molecular complexity index is 759. The first-order valence-corrected chi connectivity index (χ1v) is 7.09. The summed E-state index contributed by atoms with van der Waals surface area (Å²) in [6.07, 6.45) is 0. The van der Waals surface area contributed by atoms with Crippen LogP contribution in [0, 0.1) is 11.3 Å². The van der Waals surface area contributed by atoms with Crippen molar-refractivity contribution in [1.29, 1.82) is 5.26 Å². The Kier molecular flexibility index (Phi) is 4.48. The summed E-state index contributed by atoms with van der Waals surface area (Å²) in [5.41, 5.74) is 1.99. The molecule has 0 unspecified atom stereocenters. The Labute approximate surface area is 133 Å². The number of nitriles is 1. The molecule has 0 fully saturated rings. The minimum Gasteiger partial charge on any atom is -0.490 e. The fourth-order valence-corrected chi connectivity index (χ4v) is 2.34. The molecule has 6 nitrogen and oxygen atoms in total. The lowest BCUT2D eigenvalue weighted by atomic mass is 9.80. The zero-order valence-electron chi connectivity index (χ0n) is 12.2. The van der Waals surface area contributed by atoms with E-state index < -0.39 is 7.12 Å². The van der Waals surface area contributed by atoms with E-state index in [9.17, 15) is 5.02 Å². The lowest BCUT2D eigenvalue weighted by Crippen LogP contribution is -2.27. The molecule has 23 heavy (non-hydrogen) atoms. The molecule has 2 aromatic rings. The van der Waals surface area contributed by atoms with E-state index in [1.165, 1.54) is 0 Å². The lowest BCUT2D eigenvalue weighted by Gasteiger charge is -2.11. The van der Waals surface area contributed by atoms with Gasteiger partial charge in [0.05, 0.1) is 18.8 Å². The second kappa shape index (κ2) is 6.71. The van der Waals surface area contributed by atoms with E-state index in [0.717, 1.165) is 11.0 Å². The highest BCUT2D eigenvalue weighted by molar-refractivity contribution is 6.61. The molecule has 3 rings (SSSR count). The Balaban J connectivity index is 1.81. The van der Waals surface area contributed by atoms with Gasteiger partial charge < -0.3 is 24.3 Å². The van der Waals surface area contributed by atoms with Crippen LogP contribution in [0.1, 0.15) is 11.1 Å². The van der Waals surface area contributed by atoms with Crippen molar-refractivity contribution in [3.63, 3.8) is 0 Å². The van der Waals surface area contributed by atoms with Crippen LogP contribution in [0.25, 0.3) is 0 Å². The fourth-order valence-electron chi connectivity index (χ4n) is 2.34. The first kappa shape index (κ1) is 15.4. The van der Waals surface area contributed by atoms with Gasteiger partial charge in [0.15, 0.2) is 0 Å². The standard InChI is InChI=1S/C16H14BNO5/c18-9-11-1-2-14(8-16(11)21-6-5-19)23-13-3-4-15-12(7-13)10-22-17(15)20/h1-4,7-8,19-20H,5-6,10H2. The third-order valence-corrected chi connectivity index (χ3v) is 3.44. The van der Waals surface area contributed by atoms with Gasteiger partial charge in [-0.25, -0.2) is 0 Å². The molecule has 0 atom stereocenters. The van der Waals surface area contributed by atoms with E-state index >= 15 is 0 Å². The second-order valence-corrected chi connectivity index (χ2v) is 4.97. The highest BCUT2D eigenvalue weighted by atomic mass is 16.5. The van der Waals surface area contributed by atoms with Crippen LogP contribution in [-0.2, 0) is 11.3 Å². The van der Waals surface area contributed by atoms with Gasteiger partial charge in [-0.15, -0.1) is 0 Å². The fraction of sp³-hybridized carbons (Fsp3) is 0.188. The first-order valence-electron chi connectivity index (χ1n) is 7.09. The van der Waals surface area contributed by atoms with Crippen LogP contribution in [-0.4, -0.2) is 30.5 Å². The lowest BCUT2D eigenvalue weighted by molar-refractivity contribution is 0.200. The molecule has 0 spiro atoms. The Hall–Kier alpha value is -2.53. The molecule has 0 aromatic heterocycles. The Morgan fingerprint density at radius 1 is 1.22 bits per heavy atom. The molecule has 1 heterocycles. The topological polar surface area (TPSA) is 91.9 Å². The summed E-state index contributed by atoms with van der Waals surface area (Å²) in [6, 6.07) is 12.2. The smallest absolute Gasteiger partial charge is 0.490 e. The van der Waals surface area contributed by atoms with E-state index in [-0.39, 0.29) is 13.2 Å². The molecule has 1 aliphatic heterocycles. The van der Waals surface area contributed by atoms with Crippen LogP contribution in [0.3, 0.4) is 0 Å². The summed E-state index contributed by atoms with van der Waals surface area (Å²) in [4.78, 5) is 0. The highest BCUT2D eigenvalue weighted by Gasteiger charge is 2.27. The SMILES string of the molecule is N#Cc1ccc(Oc2ccc3c(c2)COB3O)cc1OCCO. The summed E-state index contributed by atoms with van der Waals surface area (Å²) in [6.45, 7) is 0.307. The number of aliphatic hydroxyl groups is 1. The van der Waals surface area contributed by atoms with Crippen molar-refractivity contribution in [1.82, 2.24) is 0 Å². The minimum absolute atomic E-state index is 0.103. The van der Waals surface area contributed by atoms with Gasteiger partial charge in [0.2, 0.25) is 0 Å². The zero-order valence-corrected chi connectivity index (χ0v) is 12.2. The molecule has 0 bridgehead atoms. The Morgan fingerprint density at radius 3 is 2.78 bits per heavy atom. The third kappa shape index (κ3) is 3.30. The van der Waals surface area contributed by atoms with Crippen LogP contribution in [0.2, 0.25) is 0 Å². The molecule has 1 aliphatic rings. The number of ether oxygens (including phenoxy) is 2. The van der Waals surface area contributed by atoms with Gasteiger partial charge >= 0.3 is 7.12 Å². The summed E-state index contributed by atoms with van der Waals surface area (Å²) in [7, 11) is -0.882. The number of aliphatic hydroxyl groups excluding tert-OH is 1. The van der Waals surface area contributed by atoms with Gasteiger partial charge in [-0.05, 0) is 35.3 Å². The molecule has 0 saturated carbocycles. The molecular weight excluding hydrogens is 297 g/mol. The maximum absolute atomic E-state index is 9.61. The van der Waals surface area contributed by atoms with E-state index in [4.69, 9.17) is 24.5 Å². The zero-order chi connectivity index (χ0) is 16.2. The predicted molar refractivity (Wildman–Crippen MR) is 82.6 cm³/mol. The second-order valence-electron chi connectivity index (χ2n) is 4.97. The highest BCUT2D eigenvalue weighted by Crippen LogP contribution is 2.29. The van der Waals surface area contributed by atoms with Crippen molar-refractivity contribution < 1.29 is 24.3 Å². The molecule has 0 amide bonds. The summed E-state index contributed by atoms with van der Waals surface area (Å²) < 4.78 is 16.3. The van der Waals surface area contributed by atoms with Gasteiger partial charge in [-0.1, -0.05) is 6.07 Å². The summed E-state index contributed by atoms with van der Waals surface area (Å²) >= 11 is 0. The third-order valence-electron chi connectivity index (χ3n) is 3.44. The number of hydrogen-bond donors (Lipinski definition) is 2. The van der Waals surface area contributed by atoms with Crippen molar-refractivity contribution >= 4 is 12.6 Å². The van der Waals surface area contributed by atoms with Gasteiger partial charge in [-0.3, -0.25) is 0 Å². The molecule has 2 aromatic carbocycles. The van der Waals surface area contributed by atoms with E-state index in [1.54, 1.807) is 36.4 Å². The van der Waals surface area contributed by atoms with Gasteiger partial charge in [0.1, 0.15) is 29.9 Å². The maximum Gasteiger partial charge on any atom is 0.491 e. The first-order chi connectivity index (χ1) is 11.2. The number of hydrogen-bond acceptors (Lipinski definition) is 6. The number of nitrogens with zero attached hydrogens (tertiary/aromatic N) is 1. The van der Waals surface area contributed by atoms with Crippen molar-refractivity contribution in [2.24, 2.45) is 0 Å². The largest absolute Gasteiger partial charge is 0.491 e. The van der Waals surface area contributed by atoms with Crippen molar-refractivity contribution in [2.45, 2.75) is 6.61 Å². The van der Waals surface area contributed by atoms with Gasteiger partial charge in [-0.2, -0.15) is 5.26 Å². The molecule has 0 aliphatic carbocycles. The molecule has 0 radical (unpaired) electrons. The average molecular weight is 311 g/mol. The molecule has 116 valence electrons. The normalized spacial score (nSPS) is 12.7. The van der Waals surface area contributed by atoms with Crippen molar-refractivity contribution in [3.8, 4) is 23.3 Å².